The molecule has 0 saturated carbocycles. The lowest BCUT2D eigenvalue weighted by atomic mass is 9.95. The van der Waals surface area contributed by atoms with Gasteiger partial charge in [0.25, 0.3) is 0 Å². The van der Waals surface area contributed by atoms with Crippen molar-refractivity contribution < 1.29 is 4.79 Å². The third-order valence-electron chi connectivity index (χ3n) is 4.08. The second-order valence-electron chi connectivity index (χ2n) is 5.44. The maximum atomic E-state index is 12.2. The number of anilines is 1. The summed E-state index contributed by atoms with van der Waals surface area (Å²) in [4.78, 5) is 17.9. The average molecular weight is 281 g/mol. The number of rotatable bonds is 3. The van der Waals surface area contributed by atoms with Crippen LogP contribution in [0.2, 0.25) is 0 Å². The molecule has 21 heavy (non-hydrogen) atoms. The predicted octanol–water partition coefficient (Wildman–Crippen LogP) is 2.84. The zero-order valence-corrected chi connectivity index (χ0v) is 12.3. The zero-order valence-electron chi connectivity index (χ0n) is 12.3. The van der Waals surface area contributed by atoms with Crippen molar-refractivity contribution in [3.05, 3.63) is 59.9 Å². The lowest BCUT2D eigenvalue weighted by Gasteiger charge is -2.33. The number of carbonyl (C=O) groups is 1. The molecule has 0 bridgehead atoms. The molecule has 0 spiro atoms. The van der Waals surface area contributed by atoms with Crippen molar-refractivity contribution >= 4 is 11.6 Å². The second kappa shape index (κ2) is 5.66. The molecule has 1 N–H and O–H groups in total. The van der Waals surface area contributed by atoms with Gasteiger partial charge in [0.15, 0.2) is 0 Å². The summed E-state index contributed by atoms with van der Waals surface area (Å²) in [6.07, 6.45) is 4.07. The molecular formula is C17H19N3O. The van der Waals surface area contributed by atoms with E-state index in [9.17, 15) is 4.79 Å². The minimum Gasteiger partial charge on any atom is -0.315 e. The van der Waals surface area contributed by atoms with E-state index in [-0.39, 0.29) is 18.0 Å². The van der Waals surface area contributed by atoms with E-state index in [1.54, 1.807) is 17.3 Å². The summed E-state index contributed by atoms with van der Waals surface area (Å²) in [6.45, 7) is 2.11. The number of nitrogens with one attached hydrogen (secondary N) is 1. The van der Waals surface area contributed by atoms with Crippen molar-refractivity contribution in [2.75, 3.05) is 11.9 Å². The highest BCUT2D eigenvalue weighted by molar-refractivity contribution is 5.96. The first-order chi connectivity index (χ1) is 10.2. The summed E-state index contributed by atoms with van der Waals surface area (Å²) in [5, 5.41) is 3.57. The molecule has 2 aromatic rings. The Morgan fingerprint density at radius 3 is 2.71 bits per heavy atom. The Morgan fingerprint density at radius 2 is 1.95 bits per heavy atom. The van der Waals surface area contributed by atoms with Crippen molar-refractivity contribution in [1.29, 1.82) is 0 Å². The van der Waals surface area contributed by atoms with Gasteiger partial charge >= 0.3 is 0 Å². The molecule has 1 aromatic heterocycles. The number of benzene rings is 1. The van der Waals surface area contributed by atoms with Crippen LogP contribution in [0, 0.1) is 0 Å². The Bertz CT molecular complexity index is 641. The first-order valence-corrected chi connectivity index (χ1v) is 7.18. The summed E-state index contributed by atoms with van der Waals surface area (Å²) in [5.41, 5.74) is 3.35. The van der Waals surface area contributed by atoms with Gasteiger partial charge < -0.3 is 10.2 Å². The van der Waals surface area contributed by atoms with Gasteiger partial charge in [0.1, 0.15) is 0 Å². The monoisotopic (exact) mass is 281 g/mol. The number of hydrogen-bond acceptors (Lipinski definition) is 3. The SMILES string of the molecule is C[C@H](NC1CC(=O)N(C)c2ccccc21)c1ccncc1. The van der Waals surface area contributed by atoms with Gasteiger partial charge in [-0.15, -0.1) is 0 Å². The first-order valence-electron chi connectivity index (χ1n) is 7.18. The third kappa shape index (κ3) is 2.67. The van der Waals surface area contributed by atoms with Gasteiger partial charge in [0.2, 0.25) is 5.91 Å². The highest BCUT2D eigenvalue weighted by Gasteiger charge is 2.29. The Hall–Kier alpha value is -2.20. The van der Waals surface area contributed by atoms with Crippen molar-refractivity contribution in [2.45, 2.75) is 25.4 Å². The number of fused-ring (bicyclic) bond motifs is 1. The van der Waals surface area contributed by atoms with Gasteiger partial charge in [-0.2, -0.15) is 0 Å². The minimum atomic E-state index is 0.0491. The first kappa shape index (κ1) is 13.8. The molecule has 108 valence electrons. The fourth-order valence-corrected chi connectivity index (χ4v) is 2.84. The summed E-state index contributed by atoms with van der Waals surface area (Å²) >= 11 is 0. The van der Waals surface area contributed by atoms with E-state index in [1.165, 1.54) is 11.1 Å². The maximum Gasteiger partial charge on any atom is 0.228 e. The highest BCUT2D eigenvalue weighted by Crippen LogP contribution is 2.34. The summed E-state index contributed by atoms with van der Waals surface area (Å²) < 4.78 is 0. The van der Waals surface area contributed by atoms with Crippen molar-refractivity contribution in [3.63, 3.8) is 0 Å². The maximum absolute atomic E-state index is 12.2. The largest absolute Gasteiger partial charge is 0.315 e. The van der Waals surface area contributed by atoms with E-state index in [0.717, 1.165) is 5.69 Å². The molecule has 0 fully saturated rings. The standard InChI is InChI=1S/C17H19N3O/c1-12(13-7-9-18-10-8-13)19-15-11-17(21)20(2)16-6-4-3-5-14(15)16/h3-10,12,15,19H,11H2,1-2H3/t12-,15?/m0/s1. The quantitative estimate of drug-likeness (QED) is 0.941. The lowest BCUT2D eigenvalue weighted by Crippen LogP contribution is -2.38. The fourth-order valence-electron chi connectivity index (χ4n) is 2.84. The van der Waals surface area contributed by atoms with Gasteiger partial charge in [-0.3, -0.25) is 9.78 Å². The van der Waals surface area contributed by atoms with Crippen molar-refractivity contribution in [2.24, 2.45) is 0 Å². The van der Waals surface area contributed by atoms with E-state index < -0.39 is 0 Å². The van der Waals surface area contributed by atoms with Crippen LogP contribution in [-0.2, 0) is 4.79 Å². The van der Waals surface area contributed by atoms with Crippen LogP contribution in [0.3, 0.4) is 0 Å². The molecular weight excluding hydrogens is 262 g/mol. The minimum absolute atomic E-state index is 0.0491. The number of aromatic nitrogens is 1. The Kier molecular flexibility index (Phi) is 3.71. The van der Waals surface area contributed by atoms with Crippen LogP contribution in [0.15, 0.2) is 48.8 Å². The van der Waals surface area contributed by atoms with Gasteiger partial charge in [-0.1, -0.05) is 18.2 Å². The number of para-hydroxylation sites is 1. The van der Waals surface area contributed by atoms with Gasteiger partial charge in [0, 0.05) is 43.6 Å². The van der Waals surface area contributed by atoms with Gasteiger partial charge in [0.05, 0.1) is 0 Å². The van der Waals surface area contributed by atoms with E-state index in [2.05, 4.69) is 23.3 Å². The van der Waals surface area contributed by atoms with Gasteiger partial charge in [-0.25, -0.2) is 0 Å². The zero-order chi connectivity index (χ0) is 14.8. The summed E-state index contributed by atoms with van der Waals surface area (Å²) in [5.74, 6) is 0.146. The molecule has 2 atom stereocenters. The normalized spacial score (nSPS) is 19.2. The number of nitrogens with zero attached hydrogens (tertiary/aromatic N) is 2. The lowest BCUT2D eigenvalue weighted by molar-refractivity contribution is -0.119. The topological polar surface area (TPSA) is 45.2 Å². The molecule has 0 saturated heterocycles. The van der Waals surface area contributed by atoms with E-state index in [4.69, 9.17) is 0 Å². The second-order valence-corrected chi connectivity index (χ2v) is 5.44. The molecule has 1 unspecified atom stereocenters. The van der Waals surface area contributed by atoms with Crippen molar-refractivity contribution in [3.8, 4) is 0 Å². The molecule has 1 aliphatic heterocycles. The van der Waals surface area contributed by atoms with Gasteiger partial charge in [-0.05, 0) is 36.2 Å². The number of pyridine rings is 1. The van der Waals surface area contributed by atoms with Crippen LogP contribution in [0.1, 0.15) is 36.6 Å². The van der Waals surface area contributed by atoms with E-state index >= 15 is 0 Å². The molecule has 0 aliphatic carbocycles. The number of hydrogen-bond donors (Lipinski definition) is 1. The molecule has 1 amide bonds. The van der Waals surface area contributed by atoms with E-state index in [1.807, 2.05) is 37.4 Å². The Balaban J connectivity index is 1.86. The average Bonchev–Trinajstić information content (AvgIpc) is 2.53. The highest BCUT2D eigenvalue weighted by atomic mass is 16.2. The summed E-state index contributed by atoms with van der Waals surface area (Å²) in [7, 11) is 1.84. The molecule has 1 aliphatic rings. The Labute approximate surface area is 124 Å². The molecule has 0 radical (unpaired) electrons. The fraction of sp³-hybridized carbons (Fsp3) is 0.294. The smallest absolute Gasteiger partial charge is 0.228 e. The number of carbonyl (C=O) groups excluding carboxylic acids is 1. The molecule has 1 aromatic carbocycles. The summed E-state index contributed by atoms with van der Waals surface area (Å²) in [6, 6.07) is 12.3. The van der Waals surface area contributed by atoms with Crippen LogP contribution in [0.5, 0.6) is 0 Å². The van der Waals surface area contributed by atoms with Crippen LogP contribution < -0.4 is 10.2 Å². The molecule has 4 nitrogen and oxygen atoms in total. The van der Waals surface area contributed by atoms with Crippen LogP contribution in [0.25, 0.3) is 0 Å². The number of amides is 1. The molecule has 2 heterocycles. The van der Waals surface area contributed by atoms with Crippen LogP contribution >= 0.6 is 0 Å². The van der Waals surface area contributed by atoms with Crippen LogP contribution in [-0.4, -0.2) is 17.9 Å². The third-order valence-corrected chi connectivity index (χ3v) is 4.08. The molecule has 4 heteroatoms. The molecule has 3 rings (SSSR count). The predicted molar refractivity (Wildman–Crippen MR) is 83.0 cm³/mol. The van der Waals surface area contributed by atoms with Crippen molar-refractivity contribution in [1.82, 2.24) is 10.3 Å². The van der Waals surface area contributed by atoms with Crippen LogP contribution in [0.4, 0.5) is 5.69 Å². The van der Waals surface area contributed by atoms with E-state index in [0.29, 0.717) is 6.42 Å². The Morgan fingerprint density at radius 1 is 1.24 bits per heavy atom.